The molecule has 2 fully saturated rings. The van der Waals surface area contributed by atoms with Crippen molar-refractivity contribution in [1.29, 1.82) is 0 Å². The van der Waals surface area contributed by atoms with Crippen LogP contribution in [0.2, 0.25) is 0 Å². The highest BCUT2D eigenvalue weighted by molar-refractivity contribution is 7.94. The van der Waals surface area contributed by atoms with Crippen molar-refractivity contribution in [2.45, 2.75) is 44.4 Å². The zero-order valence-electron chi connectivity index (χ0n) is 21.5. The molecule has 1 unspecified atom stereocenters. The molecule has 1 amide bonds. The smallest absolute Gasteiger partial charge is 0.248 e. The molecule has 35 heavy (non-hydrogen) atoms. The van der Waals surface area contributed by atoms with Crippen LogP contribution in [0.3, 0.4) is 0 Å². The number of methoxy groups -OCH3 is 1. The van der Waals surface area contributed by atoms with Gasteiger partial charge in [0.2, 0.25) is 5.91 Å². The quantitative estimate of drug-likeness (QED) is 0.319. The molecule has 2 aliphatic heterocycles. The summed E-state index contributed by atoms with van der Waals surface area (Å²) < 4.78 is 38.2. The van der Waals surface area contributed by atoms with Crippen LogP contribution in [0.4, 0.5) is 3.89 Å². The molecule has 7 nitrogen and oxygen atoms in total. The normalized spacial score (nSPS) is 19.3. The fraction of sp³-hybridized carbons (Fsp3) is 0.720. The molecule has 0 aliphatic carbocycles. The van der Waals surface area contributed by atoms with Gasteiger partial charge in [-0.15, -0.1) is 4.31 Å². The third-order valence-electron chi connectivity index (χ3n) is 7.33. The van der Waals surface area contributed by atoms with E-state index in [1.165, 1.54) is 0 Å². The molecule has 0 bridgehead atoms. The maximum atomic E-state index is 13.0. The van der Waals surface area contributed by atoms with Gasteiger partial charge in [-0.05, 0) is 76.6 Å². The molecule has 0 radical (unpaired) electrons. The number of carbonyl (C=O) groups is 1. The van der Waals surface area contributed by atoms with E-state index in [2.05, 4.69) is 4.90 Å². The molecule has 1 aromatic rings. The van der Waals surface area contributed by atoms with Crippen LogP contribution in [0.1, 0.15) is 36.8 Å². The van der Waals surface area contributed by atoms with Crippen molar-refractivity contribution in [2.75, 3.05) is 66.0 Å². The summed E-state index contributed by atoms with van der Waals surface area (Å²) in [6.45, 7) is 8.26. The Labute approximate surface area is 217 Å². The second-order valence-electron chi connectivity index (χ2n) is 9.66. The first-order valence-corrected chi connectivity index (χ1v) is 14.4. The number of halogens is 1. The van der Waals surface area contributed by atoms with Gasteiger partial charge >= 0.3 is 0 Å². The minimum atomic E-state index is -1.31. The maximum Gasteiger partial charge on any atom is 0.248 e. The minimum Gasteiger partial charge on any atom is -0.593 e. The SMILES string of the molecule is COc1cc(C)c([S+]([O-])N(C)CCOCC(=O)N2CCC(C3CCN(CSF)CC3)CC2)c(C)c1. The van der Waals surface area contributed by atoms with E-state index in [9.17, 15) is 13.2 Å². The van der Waals surface area contributed by atoms with Gasteiger partial charge in [0, 0.05) is 31.3 Å². The first-order valence-electron chi connectivity index (χ1n) is 12.4. The molecule has 2 heterocycles. The van der Waals surface area contributed by atoms with E-state index in [1.54, 1.807) is 18.5 Å². The summed E-state index contributed by atoms with van der Waals surface area (Å²) in [6, 6.07) is 3.78. The standard InChI is InChI=1S/C25H40FN3O4S2/c1-19-15-23(32-4)16-20(2)25(19)35(31)27(3)13-14-33-17-24(30)29-11-7-22(8-12-29)21-5-9-28(10-6-21)18-34-26/h15-16,21-22H,5-14,17-18H2,1-4H3. The number of aryl methyl sites for hydroxylation is 2. The lowest BCUT2D eigenvalue weighted by Gasteiger charge is -2.39. The van der Waals surface area contributed by atoms with E-state index in [1.807, 2.05) is 30.9 Å². The van der Waals surface area contributed by atoms with E-state index in [0.717, 1.165) is 73.6 Å². The monoisotopic (exact) mass is 529 g/mol. The van der Waals surface area contributed by atoms with Crippen molar-refractivity contribution in [3.8, 4) is 5.75 Å². The molecular formula is C25H40FN3O4S2. The highest BCUT2D eigenvalue weighted by Crippen LogP contribution is 2.33. The molecule has 2 saturated heterocycles. The van der Waals surface area contributed by atoms with Gasteiger partial charge in [0.15, 0.2) is 4.90 Å². The number of piperidine rings is 2. The molecule has 0 N–H and O–H groups in total. The Morgan fingerprint density at radius 1 is 1.14 bits per heavy atom. The number of ether oxygens (including phenoxy) is 2. The fourth-order valence-corrected chi connectivity index (χ4v) is 6.85. The van der Waals surface area contributed by atoms with Gasteiger partial charge in [-0.25, -0.2) is 0 Å². The van der Waals surface area contributed by atoms with E-state index in [-0.39, 0.29) is 12.5 Å². The van der Waals surface area contributed by atoms with Crippen molar-refractivity contribution in [2.24, 2.45) is 11.8 Å². The number of likely N-dealkylation sites (tertiary alicyclic amines) is 2. The number of amides is 1. The minimum absolute atomic E-state index is 0.0314. The van der Waals surface area contributed by atoms with E-state index >= 15 is 0 Å². The molecule has 2 aliphatic rings. The van der Waals surface area contributed by atoms with Gasteiger partial charge in [0.1, 0.15) is 12.4 Å². The Hall–Kier alpha value is -1.04. The topological polar surface area (TPSA) is 68.3 Å². The molecule has 3 rings (SSSR count). The number of hydrogen-bond donors (Lipinski definition) is 0. The molecule has 0 saturated carbocycles. The second kappa shape index (κ2) is 14.0. The summed E-state index contributed by atoms with van der Waals surface area (Å²) in [7, 11) is 3.43. The zero-order valence-corrected chi connectivity index (χ0v) is 23.1. The lowest BCUT2D eigenvalue weighted by Crippen LogP contribution is -2.44. The summed E-state index contributed by atoms with van der Waals surface area (Å²) in [6.07, 6.45) is 4.34. The largest absolute Gasteiger partial charge is 0.593 e. The second-order valence-corrected chi connectivity index (χ2v) is 11.7. The highest BCUT2D eigenvalue weighted by atomic mass is 32.2. The number of rotatable bonds is 11. The Balaban J connectivity index is 1.34. The van der Waals surface area contributed by atoms with Crippen LogP contribution in [0.5, 0.6) is 5.75 Å². The molecular weight excluding hydrogens is 489 g/mol. The predicted octanol–water partition coefficient (Wildman–Crippen LogP) is 3.81. The van der Waals surface area contributed by atoms with E-state index in [0.29, 0.717) is 43.0 Å². The Morgan fingerprint density at radius 3 is 2.26 bits per heavy atom. The summed E-state index contributed by atoms with van der Waals surface area (Å²) in [5, 5.41) is 0. The Bertz CT molecular complexity index is 795. The van der Waals surface area contributed by atoms with Crippen LogP contribution in [-0.2, 0) is 20.9 Å². The lowest BCUT2D eigenvalue weighted by atomic mass is 9.79. The van der Waals surface area contributed by atoms with Crippen molar-refractivity contribution >= 4 is 29.4 Å². The van der Waals surface area contributed by atoms with Crippen LogP contribution in [0.15, 0.2) is 17.0 Å². The number of hydrogen-bond acceptors (Lipinski definition) is 7. The van der Waals surface area contributed by atoms with Crippen molar-refractivity contribution in [3.63, 3.8) is 0 Å². The van der Waals surface area contributed by atoms with Crippen LogP contribution in [0, 0.1) is 25.7 Å². The third-order valence-corrected chi connectivity index (χ3v) is 9.53. The van der Waals surface area contributed by atoms with Crippen molar-refractivity contribution < 1.29 is 22.7 Å². The maximum absolute atomic E-state index is 13.0. The molecule has 1 aromatic carbocycles. The fourth-order valence-electron chi connectivity index (χ4n) is 5.23. The Kier molecular flexibility index (Phi) is 11.4. The molecule has 0 aromatic heterocycles. The Morgan fingerprint density at radius 2 is 1.71 bits per heavy atom. The molecule has 198 valence electrons. The summed E-state index contributed by atoms with van der Waals surface area (Å²) >= 11 is -0.902. The van der Waals surface area contributed by atoms with Crippen LogP contribution >= 0.6 is 12.1 Å². The third kappa shape index (κ3) is 7.97. The van der Waals surface area contributed by atoms with Gasteiger partial charge in [0.25, 0.3) is 0 Å². The number of benzene rings is 1. The zero-order chi connectivity index (χ0) is 25.4. The first-order chi connectivity index (χ1) is 16.8. The summed E-state index contributed by atoms with van der Waals surface area (Å²) in [5.74, 6) is 2.62. The average Bonchev–Trinajstić information content (AvgIpc) is 2.86. The van der Waals surface area contributed by atoms with Gasteiger partial charge in [-0.3, -0.25) is 9.69 Å². The van der Waals surface area contributed by atoms with Crippen LogP contribution in [0.25, 0.3) is 0 Å². The lowest BCUT2D eigenvalue weighted by molar-refractivity contribution is -0.137. The van der Waals surface area contributed by atoms with Crippen molar-refractivity contribution in [1.82, 2.24) is 14.1 Å². The predicted molar refractivity (Wildman–Crippen MR) is 139 cm³/mol. The molecule has 0 spiro atoms. The molecule has 1 atom stereocenters. The average molecular weight is 530 g/mol. The van der Waals surface area contributed by atoms with Gasteiger partial charge in [-0.2, -0.15) is 3.89 Å². The number of carbonyl (C=O) groups excluding carboxylic acids is 1. The van der Waals surface area contributed by atoms with Crippen LogP contribution in [-0.4, -0.2) is 90.5 Å². The van der Waals surface area contributed by atoms with E-state index < -0.39 is 11.4 Å². The van der Waals surface area contributed by atoms with Gasteiger partial charge < -0.3 is 18.9 Å². The van der Waals surface area contributed by atoms with Gasteiger partial charge in [-0.1, -0.05) is 0 Å². The van der Waals surface area contributed by atoms with Crippen molar-refractivity contribution in [3.05, 3.63) is 23.3 Å². The molecule has 10 heteroatoms. The van der Waals surface area contributed by atoms with Crippen LogP contribution < -0.4 is 4.74 Å². The van der Waals surface area contributed by atoms with Gasteiger partial charge in [0.05, 0.1) is 49.6 Å². The summed E-state index contributed by atoms with van der Waals surface area (Å²) in [5.41, 5.74) is 1.85. The highest BCUT2D eigenvalue weighted by Gasteiger charge is 2.31. The first kappa shape index (κ1) is 28.5. The van der Waals surface area contributed by atoms with E-state index in [4.69, 9.17) is 9.47 Å². The summed E-state index contributed by atoms with van der Waals surface area (Å²) in [4.78, 5) is 17.5. The number of likely N-dealkylation sites (N-methyl/N-ethyl adjacent to an activating group) is 1. The number of nitrogens with zero attached hydrogens (tertiary/aromatic N) is 3.